The minimum Gasteiger partial charge on any atom is -0.339 e. The SMILES string of the molecule is CN(C)C(=O)Sc1ccccc1NC(=O)CN(C)S(=O)(=O)c1ccc(Br)cc1. The summed E-state index contributed by atoms with van der Waals surface area (Å²) in [5.74, 6) is -0.506. The molecule has 0 aliphatic rings. The maximum absolute atomic E-state index is 12.6. The van der Waals surface area contributed by atoms with Crippen molar-refractivity contribution in [3.05, 3.63) is 53.0 Å². The molecular formula is C18H20BrN3O4S2. The Balaban J connectivity index is 2.10. The maximum Gasteiger partial charge on any atom is 0.286 e. The van der Waals surface area contributed by atoms with Crippen molar-refractivity contribution in [2.75, 3.05) is 33.0 Å². The largest absolute Gasteiger partial charge is 0.339 e. The predicted octanol–water partition coefficient (Wildman–Crippen LogP) is 3.48. The Bertz CT molecular complexity index is 963. The number of sulfonamides is 1. The Morgan fingerprint density at radius 2 is 1.64 bits per heavy atom. The highest BCUT2D eigenvalue weighted by Crippen LogP contribution is 2.28. The highest BCUT2D eigenvalue weighted by molar-refractivity contribution is 9.10. The van der Waals surface area contributed by atoms with E-state index < -0.39 is 15.9 Å². The minimum atomic E-state index is -3.80. The molecule has 0 saturated heterocycles. The zero-order chi connectivity index (χ0) is 20.9. The zero-order valence-corrected chi connectivity index (χ0v) is 18.8. The first-order chi connectivity index (χ1) is 13.1. The van der Waals surface area contributed by atoms with E-state index in [0.717, 1.165) is 20.5 Å². The number of likely N-dealkylation sites (N-methyl/N-ethyl adjacent to an activating group) is 1. The highest BCUT2D eigenvalue weighted by Gasteiger charge is 2.23. The molecule has 0 fully saturated rings. The maximum atomic E-state index is 12.6. The van der Waals surface area contributed by atoms with Crippen molar-refractivity contribution >= 4 is 54.5 Å². The number of halogens is 1. The number of hydrogen-bond donors (Lipinski definition) is 1. The summed E-state index contributed by atoms with van der Waals surface area (Å²) >= 11 is 4.24. The summed E-state index contributed by atoms with van der Waals surface area (Å²) < 4.78 is 26.9. The van der Waals surface area contributed by atoms with Crippen LogP contribution >= 0.6 is 27.7 Å². The number of para-hydroxylation sites is 1. The molecule has 0 radical (unpaired) electrons. The van der Waals surface area contributed by atoms with Gasteiger partial charge >= 0.3 is 0 Å². The smallest absolute Gasteiger partial charge is 0.286 e. The van der Waals surface area contributed by atoms with Crippen LogP contribution in [0.15, 0.2) is 62.8 Å². The van der Waals surface area contributed by atoms with E-state index >= 15 is 0 Å². The number of hydrogen-bond acceptors (Lipinski definition) is 5. The van der Waals surface area contributed by atoms with Gasteiger partial charge in [-0.3, -0.25) is 9.59 Å². The van der Waals surface area contributed by atoms with Crippen molar-refractivity contribution in [3.8, 4) is 0 Å². The van der Waals surface area contributed by atoms with Crippen LogP contribution in [0.1, 0.15) is 0 Å². The molecular weight excluding hydrogens is 466 g/mol. The average Bonchev–Trinajstić information content (AvgIpc) is 2.63. The molecule has 10 heteroatoms. The van der Waals surface area contributed by atoms with Crippen LogP contribution in [-0.4, -0.2) is 56.5 Å². The minimum absolute atomic E-state index is 0.0959. The second-order valence-corrected chi connectivity index (χ2v) is 9.98. The van der Waals surface area contributed by atoms with Gasteiger partial charge in [-0.25, -0.2) is 8.42 Å². The van der Waals surface area contributed by atoms with Crippen LogP contribution in [0.25, 0.3) is 0 Å². The van der Waals surface area contributed by atoms with Gasteiger partial charge in [0.15, 0.2) is 0 Å². The first-order valence-electron chi connectivity index (χ1n) is 8.11. The van der Waals surface area contributed by atoms with E-state index in [0.29, 0.717) is 10.6 Å². The van der Waals surface area contributed by atoms with Crippen LogP contribution in [0, 0.1) is 0 Å². The van der Waals surface area contributed by atoms with E-state index in [1.165, 1.54) is 24.1 Å². The van der Waals surface area contributed by atoms with Crippen molar-refractivity contribution in [3.63, 3.8) is 0 Å². The zero-order valence-electron chi connectivity index (χ0n) is 15.5. The molecule has 0 heterocycles. The van der Waals surface area contributed by atoms with E-state index in [-0.39, 0.29) is 16.7 Å². The predicted molar refractivity (Wildman–Crippen MR) is 114 cm³/mol. The van der Waals surface area contributed by atoms with Crippen molar-refractivity contribution in [1.29, 1.82) is 0 Å². The second kappa shape index (κ2) is 9.55. The fraction of sp³-hybridized carbons (Fsp3) is 0.222. The van der Waals surface area contributed by atoms with Gasteiger partial charge in [0, 0.05) is 30.5 Å². The molecule has 0 aliphatic heterocycles. The summed E-state index contributed by atoms with van der Waals surface area (Å²) in [6.07, 6.45) is 0. The van der Waals surface area contributed by atoms with Gasteiger partial charge in [-0.1, -0.05) is 28.1 Å². The van der Waals surface area contributed by atoms with Crippen molar-refractivity contribution in [2.45, 2.75) is 9.79 Å². The Kier molecular flexibility index (Phi) is 7.64. The molecule has 0 bridgehead atoms. The number of amides is 2. The molecule has 0 aliphatic carbocycles. The normalized spacial score (nSPS) is 11.3. The van der Waals surface area contributed by atoms with Gasteiger partial charge in [-0.05, 0) is 48.2 Å². The van der Waals surface area contributed by atoms with Gasteiger partial charge < -0.3 is 10.2 Å². The molecule has 0 unspecified atom stereocenters. The van der Waals surface area contributed by atoms with E-state index in [1.54, 1.807) is 50.5 Å². The molecule has 2 rings (SSSR count). The van der Waals surface area contributed by atoms with Gasteiger partial charge in [0.1, 0.15) is 0 Å². The van der Waals surface area contributed by atoms with Gasteiger partial charge in [-0.2, -0.15) is 4.31 Å². The first-order valence-corrected chi connectivity index (χ1v) is 11.2. The van der Waals surface area contributed by atoms with Gasteiger partial charge in [0.2, 0.25) is 15.9 Å². The Labute approximate surface area is 177 Å². The topological polar surface area (TPSA) is 86.8 Å². The third-order valence-electron chi connectivity index (χ3n) is 3.61. The number of benzene rings is 2. The molecule has 2 aromatic carbocycles. The molecule has 1 N–H and O–H groups in total. The van der Waals surface area contributed by atoms with Crippen molar-refractivity contribution in [1.82, 2.24) is 9.21 Å². The van der Waals surface area contributed by atoms with Gasteiger partial charge in [-0.15, -0.1) is 0 Å². The summed E-state index contributed by atoms with van der Waals surface area (Å²) in [7, 11) is 0.817. The van der Waals surface area contributed by atoms with Crippen LogP contribution in [0.5, 0.6) is 0 Å². The molecule has 0 saturated carbocycles. The fourth-order valence-corrected chi connectivity index (χ4v) is 4.25. The van der Waals surface area contributed by atoms with Crippen LogP contribution in [0.2, 0.25) is 0 Å². The molecule has 150 valence electrons. The van der Waals surface area contributed by atoms with Crippen LogP contribution in [0.3, 0.4) is 0 Å². The number of nitrogens with zero attached hydrogens (tertiary/aromatic N) is 2. The Morgan fingerprint density at radius 3 is 2.25 bits per heavy atom. The number of carbonyl (C=O) groups excluding carboxylic acids is 2. The van der Waals surface area contributed by atoms with Gasteiger partial charge in [0.25, 0.3) is 5.24 Å². The lowest BCUT2D eigenvalue weighted by atomic mass is 10.3. The quantitative estimate of drug-likeness (QED) is 0.632. The first kappa shape index (κ1) is 22.4. The van der Waals surface area contributed by atoms with Crippen LogP contribution in [0.4, 0.5) is 10.5 Å². The molecule has 0 atom stereocenters. The number of thioether (sulfide) groups is 1. The lowest BCUT2D eigenvalue weighted by Crippen LogP contribution is -2.35. The summed E-state index contributed by atoms with van der Waals surface area (Å²) in [5.41, 5.74) is 0.446. The van der Waals surface area contributed by atoms with E-state index in [9.17, 15) is 18.0 Å². The lowest BCUT2D eigenvalue weighted by Gasteiger charge is -2.18. The monoisotopic (exact) mass is 485 g/mol. The molecule has 7 nitrogen and oxygen atoms in total. The average molecular weight is 486 g/mol. The van der Waals surface area contributed by atoms with E-state index in [1.807, 2.05) is 0 Å². The van der Waals surface area contributed by atoms with Crippen LogP contribution in [-0.2, 0) is 14.8 Å². The molecule has 2 aromatic rings. The molecule has 28 heavy (non-hydrogen) atoms. The van der Waals surface area contributed by atoms with E-state index in [2.05, 4.69) is 21.2 Å². The summed E-state index contributed by atoms with van der Waals surface area (Å²) in [5, 5.41) is 2.49. The lowest BCUT2D eigenvalue weighted by molar-refractivity contribution is -0.116. The highest BCUT2D eigenvalue weighted by atomic mass is 79.9. The van der Waals surface area contributed by atoms with E-state index in [4.69, 9.17) is 0 Å². The van der Waals surface area contributed by atoms with Gasteiger partial charge in [0.05, 0.1) is 17.1 Å². The van der Waals surface area contributed by atoms with Crippen molar-refractivity contribution in [2.24, 2.45) is 0 Å². The molecule has 0 spiro atoms. The standard InChI is InChI=1S/C18H20BrN3O4S2/c1-21(2)18(24)27-16-7-5-4-6-15(16)20-17(23)12-22(3)28(25,26)14-10-8-13(19)9-11-14/h4-11H,12H2,1-3H3,(H,20,23). The fourth-order valence-electron chi connectivity index (χ4n) is 2.11. The number of anilines is 1. The Hall–Kier alpha value is -1.88. The number of carbonyl (C=O) groups is 2. The summed E-state index contributed by atoms with van der Waals surface area (Å²) in [6, 6.07) is 13.0. The van der Waals surface area contributed by atoms with Crippen LogP contribution < -0.4 is 5.32 Å². The third-order valence-corrected chi connectivity index (χ3v) is 7.07. The molecule has 2 amide bonds. The number of nitrogens with one attached hydrogen (secondary N) is 1. The second-order valence-electron chi connectivity index (χ2n) is 6.02. The third kappa shape index (κ3) is 5.81. The van der Waals surface area contributed by atoms with Crippen molar-refractivity contribution < 1.29 is 18.0 Å². The number of rotatable bonds is 6. The summed E-state index contributed by atoms with van der Waals surface area (Å²) in [6.45, 7) is -0.362. The summed E-state index contributed by atoms with van der Waals surface area (Å²) in [4.78, 5) is 26.4. The Morgan fingerprint density at radius 1 is 1.04 bits per heavy atom. The molecule has 0 aromatic heterocycles.